The predicted octanol–water partition coefficient (Wildman–Crippen LogP) is 5.07. The number of halogens is 6. The van der Waals surface area contributed by atoms with Crippen molar-refractivity contribution in [2.24, 2.45) is 0 Å². The summed E-state index contributed by atoms with van der Waals surface area (Å²) in [6.45, 7) is 0. The summed E-state index contributed by atoms with van der Waals surface area (Å²) in [6, 6.07) is 5.92. The molecule has 1 aromatic carbocycles. The Bertz CT molecular complexity index is 459. The van der Waals surface area contributed by atoms with E-state index >= 15 is 0 Å². The third kappa shape index (κ3) is 15.0. The lowest BCUT2D eigenvalue weighted by Gasteiger charge is -1.95. The van der Waals surface area contributed by atoms with E-state index in [0.717, 1.165) is 0 Å². The van der Waals surface area contributed by atoms with Crippen molar-refractivity contribution in [1.82, 2.24) is 0 Å². The molecule has 4 nitrogen and oxygen atoms in total. The van der Waals surface area contributed by atoms with Crippen molar-refractivity contribution >= 4 is 67.9 Å². The molecule has 0 atom stereocenters. The van der Waals surface area contributed by atoms with Crippen LogP contribution in [0.5, 0.6) is 0 Å². The third-order valence-corrected chi connectivity index (χ3v) is 1.75. The van der Waals surface area contributed by atoms with Crippen molar-refractivity contribution in [2.45, 2.75) is 0 Å². The maximum absolute atomic E-state index is 10.6. The van der Waals surface area contributed by atoms with E-state index in [4.69, 9.17) is 32.8 Å². The molecular formula is C10H4Cl4F2O4. The first-order chi connectivity index (χ1) is 9.07. The maximum atomic E-state index is 10.6. The van der Waals surface area contributed by atoms with Gasteiger partial charge in [-0.2, -0.15) is 0 Å². The molecule has 0 unspecified atom stereocenters. The van der Waals surface area contributed by atoms with E-state index in [-0.39, 0.29) is 11.1 Å². The molecule has 0 heterocycles. The summed E-state index contributed by atoms with van der Waals surface area (Å²) in [5.41, 5.74) is 0.534. The summed E-state index contributed by atoms with van der Waals surface area (Å²) in [7, 11) is 0. The van der Waals surface area contributed by atoms with E-state index in [9.17, 15) is 18.4 Å². The molecule has 0 saturated carbocycles. The fraction of sp³-hybridized carbons (Fsp3) is 0. The first-order valence-corrected chi connectivity index (χ1v) is 5.78. The Morgan fingerprint density at radius 3 is 1.25 bits per heavy atom. The second-order valence-corrected chi connectivity index (χ2v) is 4.15. The molecule has 0 N–H and O–H groups in total. The van der Waals surface area contributed by atoms with Crippen LogP contribution in [0, 0.1) is 0 Å². The maximum Gasteiger partial charge on any atom is 0.483 e. The minimum Gasteiger partial charge on any atom is -0.276 e. The second-order valence-electron chi connectivity index (χ2n) is 2.58. The van der Waals surface area contributed by atoms with Crippen molar-refractivity contribution in [1.29, 1.82) is 0 Å². The zero-order chi connectivity index (χ0) is 16.3. The summed E-state index contributed by atoms with van der Waals surface area (Å²) < 4.78 is 18.5. The first-order valence-electron chi connectivity index (χ1n) is 4.27. The molecule has 110 valence electrons. The average Bonchev–Trinajstić information content (AvgIpc) is 2.27. The Balaban J connectivity index is 0. The summed E-state index contributed by atoms with van der Waals surface area (Å²) >= 11 is 19.2. The van der Waals surface area contributed by atoms with E-state index < -0.39 is 21.5 Å². The van der Waals surface area contributed by atoms with Crippen molar-refractivity contribution in [3.05, 3.63) is 35.4 Å². The van der Waals surface area contributed by atoms with E-state index in [2.05, 4.69) is 23.2 Å². The van der Waals surface area contributed by atoms with Crippen LogP contribution in [0.1, 0.15) is 20.7 Å². The topological polar surface area (TPSA) is 68.3 Å². The lowest BCUT2D eigenvalue weighted by atomic mass is 10.1. The minimum absolute atomic E-state index is 0.267. The fourth-order valence-electron chi connectivity index (χ4n) is 0.764. The Hall–Kier alpha value is -1.08. The average molecular weight is 368 g/mol. The van der Waals surface area contributed by atoms with Gasteiger partial charge >= 0.3 is 11.0 Å². The van der Waals surface area contributed by atoms with E-state index in [1.807, 2.05) is 0 Å². The van der Waals surface area contributed by atoms with Gasteiger partial charge < -0.3 is 0 Å². The second kappa shape index (κ2) is 11.7. The van der Waals surface area contributed by atoms with Gasteiger partial charge in [0.25, 0.3) is 10.5 Å². The molecule has 0 aliphatic rings. The molecule has 0 aliphatic carbocycles. The molecule has 1 aromatic rings. The fourth-order valence-corrected chi connectivity index (χ4v) is 0.999. The molecule has 20 heavy (non-hydrogen) atoms. The zero-order valence-electron chi connectivity index (χ0n) is 9.21. The number of carbonyl (C=O) groups is 4. The Morgan fingerprint density at radius 2 is 1.05 bits per heavy atom. The van der Waals surface area contributed by atoms with Crippen LogP contribution in [0.2, 0.25) is 0 Å². The molecule has 0 saturated heterocycles. The molecule has 0 aromatic heterocycles. The van der Waals surface area contributed by atoms with Crippen LogP contribution in [-0.4, -0.2) is 21.5 Å². The van der Waals surface area contributed by atoms with Crippen LogP contribution < -0.4 is 0 Å². The van der Waals surface area contributed by atoms with Crippen LogP contribution in [0.15, 0.2) is 24.3 Å². The molecule has 0 spiro atoms. The highest BCUT2D eigenvalue weighted by atomic mass is 35.5. The number of hydrogen-bond acceptors (Lipinski definition) is 4. The lowest BCUT2D eigenvalue weighted by Crippen LogP contribution is -1.93. The van der Waals surface area contributed by atoms with Crippen LogP contribution in [0.25, 0.3) is 0 Å². The normalized spacial score (nSPS) is 8.30. The summed E-state index contributed by atoms with van der Waals surface area (Å²) in [4.78, 5) is 38.3. The van der Waals surface area contributed by atoms with Gasteiger partial charge in [-0.1, -0.05) is 18.2 Å². The lowest BCUT2D eigenvalue weighted by molar-refractivity contribution is 0.108. The van der Waals surface area contributed by atoms with Gasteiger partial charge in [-0.3, -0.25) is 14.4 Å². The molecular weight excluding hydrogens is 364 g/mol. The standard InChI is InChI=1S/C8H4Cl2O2.CCl2O.CF2O/c9-7(11)5-2-1-3-6(4-5)8(10)12;2*2-1(3)4/h1-4H;;. The van der Waals surface area contributed by atoms with Crippen molar-refractivity contribution in [2.75, 3.05) is 0 Å². The summed E-state index contributed by atoms with van der Waals surface area (Å²) in [5, 5.41) is -1.20. The van der Waals surface area contributed by atoms with E-state index in [1.54, 1.807) is 6.07 Å². The summed E-state index contributed by atoms with van der Waals surface area (Å²) in [5.74, 6) is 0. The van der Waals surface area contributed by atoms with Gasteiger partial charge in [0.05, 0.1) is 0 Å². The number of carbonyl (C=O) groups excluding carboxylic acids is 4. The predicted molar refractivity (Wildman–Crippen MR) is 71.5 cm³/mol. The molecule has 1 rings (SSSR count). The van der Waals surface area contributed by atoms with Gasteiger partial charge in [0.2, 0.25) is 0 Å². The highest BCUT2D eigenvalue weighted by Crippen LogP contribution is 2.09. The van der Waals surface area contributed by atoms with Crippen molar-refractivity contribution in [3.63, 3.8) is 0 Å². The largest absolute Gasteiger partial charge is 0.483 e. The Kier molecular flexibility index (Phi) is 12.4. The van der Waals surface area contributed by atoms with Crippen LogP contribution in [0.4, 0.5) is 18.4 Å². The summed E-state index contributed by atoms with van der Waals surface area (Å²) in [6.07, 6.45) is -2.83. The quantitative estimate of drug-likeness (QED) is 0.684. The van der Waals surface area contributed by atoms with E-state index in [0.29, 0.717) is 0 Å². The van der Waals surface area contributed by atoms with E-state index in [1.165, 1.54) is 18.2 Å². The van der Waals surface area contributed by atoms with Crippen LogP contribution >= 0.6 is 46.4 Å². The van der Waals surface area contributed by atoms with Crippen LogP contribution in [0.3, 0.4) is 0 Å². The van der Waals surface area contributed by atoms with Gasteiger partial charge in [0.15, 0.2) is 0 Å². The van der Waals surface area contributed by atoms with Crippen molar-refractivity contribution < 1.29 is 28.0 Å². The van der Waals surface area contributed by atoms with Gasteiger partial charge in [-0.25, -0.2) is 4.79 Å². The SMILES string of the molecule is O=C(Cl)Cl.O=C(Cl)c1cccc(C(=O)Cl)c1.O=C(F)F. The van der Waals surface area contributed by atoms with Gasteiger partial charge in [0.1, 0.15) is 0 Å². The molecule has 0 aliphatic heterocycles. The molecule has 0 bridgehead atoms. The van der Waals surface area contributed by atoms with Crippen LogP contribution in [-0.2, 0) is 0 Å². The highest BCUT2D eigenvalue weighted by molar-refractivity contribution is 6.93. The molecule has 0 fully saturated rings. The zero-order valence-corrected chi connectivity index (χ0v) is 12.2. The highest BCUT2D eigenvalue weighted by Gasteiger charge is 2.05. The Labute approximate surface area is 131 Å². The smallest absolute Gasteiger partial charge is 0.276 e. The minimum atomic E-state index is -2.83. The van der Waals surface area contributed by atoms with Gasteiger partial charge in [-0.05, 0) is 52.5 Å². The number of rotatable bonds is 2. The third-order valence-electron chi connectivity index (χ3n) is 1.32. The Morgan fingerprint density at radius 1 is 0.800 bits per heavy atom. The first kappa shape index (κ1) is 21.2. The van der Waals surface area contributed by atoms with Gasteiger partial charge in [-0.15, -0.1) is 8.78 Å². The number of hydrogen-bond donors (Lipinski definition) is 0. The monoisotopic (exact) mass is 366 g/mol. The van der Waals surface area contributed by atoms with Crippen molar-refractivity contribution in [3.8, 4) is 0 Å². The number of benzene rings is 1. The molecule has 0 amide bonds. The van der Waals surface area contributed by atoms with Gasteiger partial charge in [0, 0.05) is 11.1 Å². The molecule has 10 heteroatoms. The molecule has 0 radical (unpaired) electrons.